The lowest BCUT2D eigenvalue weighted by molar-refractivity contribution is 0.188. The average molecular weight is 210 g/mol. The third-order valence-corrected chi connectivity index (χ3v) is 1.86. The van der Waals surface area contributed by atoms with Gasteiger partial charge in [-0.2, -0.15) is 0 Å². The molecule has 5 nitrogen and oxygen atoms in total. The second kappa shape index (κ2) is 6.19. The molecule has 1 heterocycles. The van der Waals surface area contributed by atoms with E-state index >= 15 is 0 Å². The molecule has 0 aliphatic carbocycles. The van der Waals surface area contributed by atoms with E-state index in [1.807, 2.05) is 6.92 Å². The summed E-state index contributed by atoms with van der Waals surface area (Å²) in [6.45, 7) is 5.30. The number of aliphatic hydroxyl groups is 1. The maximum absolute atomic E-state index is 9.08. The molecule has 0 saturated carbocycles. The number of hydrogen-bond donors (Lipinski definition) is 3. The lowest BCUT2D eigenvalue weighted by Gasteiger charge is -2.08. The molecule has 0 bridgehead atoms. The van der Waals surface area contributed by atoms with Gasteiger partial charge in [0.15, 0.2) is 0 Å². The standard InChI is InChI=1S/C10H18N4O/c1-3-12-9-6-11-7-10(14-9)13-5-4-8(2)15/h6-8,15H,3-5H2,1-2H3,(H2,12,13,14). The van der Waals surface area contributed by atoms with Gasteiger partial charge >= 0.3 is 0 Å². The minimum atomic E-state index is -0.289. The number of rotatable bonds is 6. The minimum absolute atomic E-state index is 0.289. The zero-order valence-corrected chi connectivity index (χ0v) is 9.20. The number of aromatic nitrogens is 2. The molecule has 0 fully saturated rings. The maximum Gasteiger partial charge on any atom is 0.146 e. The number of hydrogen-bond acceptors (Lipinski definition) is 5. The van der Waals surface area contributed by atoms with E-state index in [0.29, 0.717) is 13.0 Å². The van der Waals surface area contributed by atoms with Gasteiger partial charge in [-0.25, -0.2) is 4.98 Å². The first-order valence-electron chi connectivity index (χ1n) is 5.20. The molecule has 1 atom stereocenters. The van der Waals surface area contributed by atoms with Gasteiger partial charge in [0, 0.05) is 13.1 Å². The van der Waals surface area contributed by atoms with Gasteiger partial charge in [-0.15, -0.1) is 0 Å². The number of nitrogens with zero attached hydrogens (tertiary/aromatic N) is 2. The third-order valence-electron chi connectivity index (χ3n) is 1.86. The summed E-state index contributed by atoms with van der Waals surface area (Å²) < 4.78 is 0. The molecule has 15 heavy (non-hydrogen) atoms. The highest BCUT2D eigenvalue weighted by atomic mass is 16.3. The highest BCUT2D eigenvalue weighted by Gasteiger charge is 1.98. The van der Waals surface area contributed by atoms with E-state index in [0.717, 1.165) is 18.2 Å². The van der Waals surface area contributed by atoms with Gasteiger partial charge in [0.2, 0.25) is 0 Å². The number of anilines is 2. The van der Waals surface area contributed by atoms with Crippen molar-refractivity contribution in [1.82, 2.24) is 9.97 Å². The SMILES string of the molecule is CCNc1cncc(NCCC(C)O)n1. The predicted octanol–water partition coefficient (Wildman–Crippen LogP) is 1.09. The van der Waals surface area contributed by atoms with Gasteiger partial charge in [0.1, 0.15) is 11.6 Å². The highest BCUT2D eigenvalue weighted by Crippen LogP contribution is 2.06. The van der Waals surface area contributed by atoms with Crippen LogP contribution >= 0.6 is 0 Å². The lowest BCUT2D eigenvalue weighted by atomic mass is 10.3. The van der Waals surface area contributed by atoms with Crippen molar-refractivity contribution in [2.24, 2.45) is 0 Å². The summed E-state index contributed by atoms with van der Waals surface area (Å²) in [6.07, 6.45) is 3.77. The van der Waals surface area contributed by atoms with E-state index in [2.05, 4.69) is 20.6 Å². The monoisotopic (exact) mass is 210 g/mol. The fourth-order valence-corrected chi connectivity index (χ4v) is 1.13. The van der Waals surface area contributed by atoms with Crippen LogP contribution in [-0.4, -0.2) is 34.3 Å². The topological polar surface area (TPSA) is 70.1 Å². The normalized spacial score (nSPS) is 12.2. The van der Waals surface area contributed by atoms with Gasteiger partial charge in [-0.1, -0.05) is 0 Å². The molecular formula is C10H18N4O. The molecule has 0 saturated heterocycles. The molecule has 3 N–H and O–H groups in total. The summed E-state index contributed by atoms with van der Waals surface area (Å²) in [5.41, 5.74) is 0. The second-order valence-corrected chi connectivity index (χ2v) is 3.38. The minimum Gasteiger partial charge on any atom is -0.393 e. The predicted molar refractivity (Wildman–Crippen MR) is 61.0 cm³/mol. The van der Waals surface area contributed by atoms with Gasteiger partial charge in [-0.05, 0) is 20.3 Å². The van der Waals surface area contributed by atoms with Crippen molar-refractivity contribution >= 4 is 11.6 Å². The quantitative estimate of drug-likeness (QED) is 0.655. The van der Waals surface area contributed by atoms with Crippen LogP contribution in [0.25, 0.3) is 0 Å². The van der Waals surface area contributed by atoms with Gasteiger partial charge in [-0.3, -0.25) is 4.98 Å². The van der Waals surface area contributed by atoms with Crippen LogP contribution in [0.5, 0.6) is 0 Å². The molecule has 1 aromatic rings. The Labute approximate surface area is 90.0 Å². The Balaban J connectivity index is 2.43. The molecule has 0 spiro atoms. The Bertz CT molecular complexity index is 291. The molecular weight excluding hydrogens is 192 g/mol. The van der Waals surface area contributed by atoms with E-state index in [9.17, 15) is 0 Å². The second-order valence-electron chi connectivity index (χ2n) is 3.38. The van der Waals surface area contributed by atoms with Gasteiger partial charge in [0.25, 0.3) is 0 Å². The molecule has 0 radical (unpaired) electrons. The van der Waals surface area contributed by atoms with E-state index in [1.165, 1.54) is 0 Å². The highest BCUT2D eigenvalue weighted by molar-refractivity contribution is 5.41. The molecule has 0 aliphatic heterocycles. The molecule has 1 rings (SSSR count). The fourth-order valence-electron chi connectivity index (χ4n) is 1.13. The Morgan fingerprint density at radius 3 is 2.60 bits per heavy atom. The van der Waals surface area contributed by atoms with Crippen LogP contribution < -0.4 is 10.6 Å². The van der Waals surface area contributed by atoms with Crippen molar-refractivity contribution in [3.05, 3.63) is 12.4 Å². The van der Waals surface area contributed by atoms with Crippen molar-refractivity contribution in [3.63, 3.8) is 0 Å². The molecule has 1 aromatic heterocycles. The first-order valence-corrected chi connectivity index (χ1v) is 5.20. The Hall–Kier alpha value is -1.36. The summed E-state index contributed by atoms with van der Waals surface area (Å²) in [7, 11) is 0. The number of aliphatic hydroxyl groups excluding tert-OH is 1. The summed E-state index contributed by atoms with van der Waals surface area (Å²) in [5, 5.41) is 15.3. The van der Waals surface area contributed by atoms with Gasteiger partial charge < -0.3 is 15.7 Å². The summed E-state index contributed by atoms with van der Waals surface area (Å²) in [5.74, 6) is 1.49. The van der Waals surface area contributed by atoms with Crippen molar-refractivity contribution < 1.29 is 5.11 Å². The third kappa shape index (κ3) is 4.60. The molecule has 0 aliphatic rings. The molecule has 0 aromatic carbocycles. The Morgan fingerprint density at radius 2 is 2.00 bits per heavy atom. The van der Waals surface area contributed by atoms with E-state index in [1.54, 1.807) is 19.3 Å². The van der Waals surface area contributed by atoms with Crippen LogP contribution in [0.1, 0.15) is 20.3 Å². The van der Waals surface area contributed by atoms with Crippen molar-refractivity contribution in [3.8, 4) is 0 Å². The van der Waals surface area contributed by atoms with Crippen LogP contribution in [-0.2, 0) is 0 Å². The van der Waals surface area contributed by atoms with Crippen LogP contribution in [0.3, 0.4) is 0 Å². The zero-order valence-electron chi connectivity index (χ0n) is 9.20. The number of nitrogens with one attached hydrogen (secondary N) is 2. The van der Waals surface area contributed by atoms with E-state index < -0.39 is 0 Å². The van der Waals surface area contributed by atoms with Crippen LogP contribution in [0, 0.1) is 0 Å². The smallest absolute Gasteiger partial charge is 0.146 e. The summed E-state index contributed by atoms with van der Waals surface area (Å²) in [4.78, 5) is 8.34. The van der Waals surface area contributed by atoms with Crippen molar-refractivity contribution in [2.75, 3.05) is 23.7 Å². The summed E-state index contributed by atoms with van der Waals surface area (Å²) >= 11 is 0. The van der Waals surface area contributed by atoms with Crippen molar-refractivity contribution in [1.29, 1.82) is 0 Å². The van der Waals surface area contributed by atoms with Crippen LogP contribution in [0.2, 0.25) is 0 Å². The molecule has 84 valence electrons. The lowest BCUT2D eigenvalue weighted by Crippen LogP contribution is -2.11. The maximum atomic E-state index is 9.08. The first-order chi connectivity index (χ1) is 7.22. The van der Waals surface area contributed by atoms with Crippen LogP contribution in [0.4, 0.5) is 11.6 Å². The zero-order chi connectivity index (χ0) is 11.1. The van der Waals surface area contributed by atoms with Crippen LogP contribution in [0.15, 0.2) is 12.4 Å². The average Bonchev–Trinajstić information content (AvgIpc) is 2.18. The molecule has 5 heteroatoms. The van der Waals surface area contributed by atoms with Crippen molar-refractivity contribution in [2.45, 2.75) is 26.4 Å². The van der Waals surface area contributed by atoms with Gasteiger partial charge in [0.05, 0.1) is 18.5 Å². The molecule has 1 unspecified atom stereocenters. The van der Waals surface area contributed by atoms with E-state index in [4.69, 9.17) is 5.11 Å². The fraction of sp³-hybridized carbons (Fsp3) is 0.600. The largest absolute Gasteiger partial charge is 0.393 e. The van der Waals surface area contributed by atoms with E-state index in [-0.39, 0.29) is 6.10 Å². The Morgan fingerprint density at radius 1 is 1.33 bits per heavy atom. The summed E-state index contributed by atoms with van der Waals surface area (Å²) in [6, 6.07) is 0. The Kier molecular flexibility index (Phi) is 4.83. The molecule has 0 amide bonds. The first kappa shape index (κ1) is 11.7.